The number of nitrogens with one attached hydrogen (secondary N) is 4. The van der Waals surface area contributed by atoms with E-state index in [0.717, 1.165) is 26.5 Å². The van der Waals surface area contributed by atoms with Gasteiger partial charge in [-0.2, -0.15) is 0 Å². The van der Waals surface area contributed by atoms with Crippen molar-refractivity contribution in [1.82, 2.24) is 60.5 Å². The third-order valence-electron chi connectivity index (χ3n) is 17.0. The molecule has 1 aliphatic rings. The number of aliphatic hydroxyl groups excluding tert-OH is 1. The molecule has 1 rings (SSSR count). The van der Waals surface area contributed by atoms with Crippen molar-refractivity contribution in [3.63, 3.8) is 0 Å². The van der Waals surface area contributed by atoms with Gasteiger partial charge in [0.1, 0.15) is 60.4 Å². The number of carbonyl (C=O) groups is 11. The molecule has 1 fully saturated rings. The summed E-state index contributed by atoms with van der Waals surface area (Å²) in [7, 11) is 13.5. The van der Waals surface area contributed by atoms with Gasteiger partial charge in [0.05, 0.1) is 11.7 Å². The Kier molecular flexibility index (Phi) is 34.7. The minimum absolute atomic E-state index is 0.0323. The lowest BCUT2D eigenvalue weighted by molar-refractivity contribution is -0.157. The largest absolute Gasteiger partial charge is 0.390 e. The van der Waals surface area contributed by atoms with Crippen LogP contribution < -0.4 is 21.3 Å². The molecule has 0 aromatic heterocycles. The molecule has 0 radical (unpaired) electrons. The lowest BCUT2D eigenvalue weighted by Gasteiger charge is -2.41. The first-order valence-corrected chi connectivity index (χ1v) is 33.7. The van der Waals surface area contributed by atoms with Gasteiger partial charge in [-0.1, -0.05) is 95.2 Å². The lowest BCUT2D eigenvalue weighted by atomic mass is 9.91. The first-order chi connectivity index (χ1) is 42.3. The summed E-state index contributed by atoms with van der Waals surface area (Å²) < 4.78 is 0. The van der Waals surface area contributed by atoms with Gasteiger partial charge in [0.2, 0.25) is 59.1 Å². The highest BCUT2D eigenvalue weighted by molar-refractivity contribution is 8.00. The van der Waals surface area contributed by atoms with Gasteiger partial charge in [0.25, 0.3) is 5.91 Å². The van der Waals surface area contributed by atoms with Gasteiger partial charge in [-0.15, -0.1) is 11.8 Å². The van der Waals surface area contributed by atoms with E-state index in [-0.39, 0.29) is 56.3 Å². The molecule has 0 aromatic carbocycles. The van der Waals surface area contributed by atoms with Gasteiger partial charge >= 0.3 is 0 Å². The average molecular weight is 1320 g/mol. The molecule has 25 nitrogen and oxygen atoms in total. The summed E-state index contributed by atoms with van der Waals surface area (Å²) in [5.74, 6) is -10.1. The van der Waals surface area contributed by atoms with E-state index in [9.17, 15) is 34.2 Å². The van der Waals surface area contributed by atoms with Crippen LogP contribution in [0.25, 0.3) is 0 Å². The van der Waals surface area contributed by atoms with Crippen LogP contribution in [0.15, 0.2) is 12.2 Å². The molecule has 1 saturated heterocycles. The smallest absolute Gasteiger partial charge is 0.256 e. The van der Waals surface area contributed by atoms with E-state index >= 15 is 28.8 Å². The number of amides is 11. The van der Waals surface area contributed by atoms with Crippen molar-refractivity contribution in [1.29, 1.82) is 0 Å². The molecule has 26 heteroatoms. The van der Waals surface area contributed by atoms with Crippen molar-refractivity contribution in [2.45, 2.75) is 234 Å². The number of thioether (sulfide) groups is 1. The molecule has 13 atom stereocenters. The lowest BCUT2D eigenvalue weighted by Crippen LogP contribution is -2.64. The maximum atomic E-state index is 15.3. The molecule has 0 aliphatic carbocycles. The molecule has 0 spiro atoms. The zero-order valence-corrected chi connectivity index (χ0v) is 61.4. The number of nitrogens with zero attached hydrogens (tertiary/aromatic N) is 8. The van der Waals surface area contributed by atoms with E-state index in [2.05, 4.69) is 21.3 Å². The quantitative estimate of drug-likeness (QED) is 0.101. The van der Waals surface area contributed by atoms with Gasteiger partial charge in [0.15, 0.2) is 5.37 Å². The second-order valence-corrected chi connectivity index (χ2v) is 29.4. The molecule has 1 heterocycles. The SMILES string of the molecule is C/C=C/C[C@@H](C)[C@@H](O)[C@H]1C(=O)N[C@@H](CC)C(=O)N(C)[C@H](SCCN(C)C)C(=O)N(C)[C@@H](CC(C)(C)O)C(=O)N[C@@H](C(C)C)C(=O)N(C)[C@@H](CC(C)C)C(=O)N[C@@H](C)C(=O)N[C@H](C)C(=O)N(C)[C@@H](CC(C)C)C(=O)N(C)[C@@H](CC(C)C)C(=O)N(C)[C@@H](C(C)C)C(=O)N1C. The average Bonchev–Trinajstić information content (AvgIpc) is 0.830. The van der Waals surface area contributed by atoms with Gasteiger partial charge in [0, 0.05) is 68.1 Å². The second-order valence-electron chi connectivity index (χ2n) is 28.2. The number of likely N-dealkylation sites (N-methyl/N-ethyl adjacent to an activating group) is 7. The Morgan fingerprint density at radius 1 is 0.522 bits per heavy atom. The molecule has 0 bridgehead atoms. The molecule has 0 aromatic rings. The second kappa shape index (κ2) is 37.9. The van der Waals surface area contributed by atoms with E-state index in [4.69, 9.17) is 0 Å². The molecule has 0 unspecified atom stereocenters. The van der Waals surface area contributed by atoms with Crippen molar-refractivity contribution in [2.24, 2.45) is 35.5 Å². The Hall–Kier alpha value is -5.86. The summed E-state index contributed by atoms with van der Waals surface area (Å²) >= 11 is 1.09. The minimum atomic E-state index is -1.66. The van der Waals surface area contributed by atoms with Crippen molar-refractivity contribution in [3.05, 3.63) is 12.2 Å². The Bertz CT molecular complexity index is 2520. The molecule has 92 heavy (non-hydrogen) atoms. The van der Waals surface area contributed by atoms with E-state index in [0.29, 0.717) is 12.3 Å². The van der Waals surface area contributed by atoms with Gasteiger partial charge in [-0.3, -0.25) is 52.7 Å². The summed E-state index contributed by atoms with van der Waals surface area (Å²) in [5, 5.41) is 33.2. The maximum absolute atomic E-state index is 15.3. The molecule has 1 aliphatic heterocycles. The standard InChI is InChI=1S/C66H120N12O13S/c1-27-29-30-42(13)53(79)52-57(83)69-45(28-2)59(85)78(26)65(92-32-31-71(18)19)64(90)75(23)49(36-66(16,17)91)56(82)70-50(40(9)10)62(88)72(20)46(33-37(3)4)55(81)67-43(14)54(80)68-44(15)58(84)73(21)47(34-38(5)6)60(86)74(22)48(35-39(7)8)61(87)76(24)51(41(11)12)63(89)77(52)25/h27,29,37-53,65,79,91H,28,30-36H2,1-26H3,(H,67,81)(H,68,80)(H,69,83)(H,70,82)/b29-27+/t42-,43+,44-,45+,46+,47+,48+,49+,50+,51+,52+,53-,65-/m1/s1. The number of rotatable bonds is 19. The Labute approximate surface area is 555 Å². The van der Waals surface area contributed by atoms with Crippen molar-refractivity contribution in [3.8, 4) is 0 Å². The fraction of sp³-hybridized carbons (Fsp3) is 0.803. The molecule has 11 amide bonds. The Morgan fingerprint density at radius 2 is 0.967 bits per heavy atom. The highest BCUT2D eigenvalue weighted by Crippen LogP contribution is 2.28. The monoisotopic (exact) mass is 1320 g/mol. The fourth-order valence-electron chi connectivity index (χ4n) is 11.2. The first-order valence-electron chi connectivity index (χ1n) is 32.7. The molecular weight excluding hydrogens is 1200 g/mol. The molecule has 528 valence electrons. The normalized spacial score (nSPS) is 26.8. The minimum Gasteiger partial charge on any atom is -0.390 e. The third-order valence-corrected chi connectivity index (χ3v) is 18.3. The summed E-state index contributed by atoms with van der Waals surface area (Å²) in [4.78, 5) is 174. The number of aliphatic hydroxyl groups is 2. The zero-order chi connectivity index (χ0) is 71.5. The zero-order valence-electron chi connectivity index (χ0n) is 60.6. The van der Waals surface area contributed by atoms with E-state index in [1.54, 1.807) is 60.6 Å². The van der Waals surface area contributed by atoms with Crippen LogP contribution in [-0.4, -0.2) is 268 Å². The third kappa shape index (κ3) is 24.2. The van der Waals surface area contributed by atoms with Crippen LogP contribution in [0, 0.1) is 35.5 Å². The van der Waals surface area contributed by atoms with Gasteiger partial charge in [-0.05, 0) is 116 Å². The maximum Gasteiger partial charge on any atom is 0.256 e. The summed E-state index contributed by atoms with van der Waals surface area (Å²) in [5.41, 5.74) is -1.58. The highest BCUT2D eigenvalue weighted by Gasteiger charge is 2.47. The number of carbonyl (C=O) groups excluding carboxylic acids is 11. The number of allylic oxidation sites excluding steroid dienone is 2. The number of hydrogen-bond acceptors (Lipinski definition) is 15. The Morgan fingerprint density at radius 3 is 1.42 bits per heavy atom. The summed E-state index contributed by atoms with van der Waals surface area (Å²) in [6.07, 6.45) is 2.34. The predicted octanol–water partition coefficient (Wildman–Crippen LogP) is 3.00. The van der Waals surface area contributed by atoms with Crippen LogP contribution in [0.1, 0.15) is 156 Å². The molecule has 0 saturated carbocycles. The van der Waals surface area contributed by atoms with E-state index < -0.39 is 160 Å². The number of hydrogen-bond donors (Lipinski definition) is 6. The van der Waals surface area contributed by atoms with E-state index in [1.807, 2.05) is 60.5 Å². The van der Waals surface area contributed by atoms with Gasteiger partial charge < -0.3 is 70.7 Å². The summed E-state index contributed by atoms with van der Waals surface area (Å²) in [6.45, 7) is 29.3. The van der Waals surface area contributed by atoms with Crippen molar-refractivity contribution < 1.29 is 63.0 Å². The fourth-order valence-corrected chi connectivity index (χ4v) is 12.6. The van der Waals surface area contributed by atoms with E-state index in [1.165, 1.54) is 96.6 Å². The van der Waals surface area contributed by atoms with Crippen molar-refractivity contribution in [2.75, 3.05) is 75.7 Å². The Balaban J connectivity index is 4.55. The topological polar surface area (TPSA) is 302 Å². The highest BCUT2D eigenvalue weighted by atomic mass is 32.2. The van der Waals surface area contributed by atoms with Crippen LogP contribution in [0.3, 0.4) is 0 Å². The van der Waals surface area contributed by atoms with Crippen molar-refractivity contribution >= 4 is 76.7 Å². The van der Waals surface area contributed by atoms with Crippen LogP contribution >= 0.6 is 11.8 Å². The van der Waals surface area contributed by atoms with Crippen LogP contribution in [0.2, 0.25) is 0 Å². The van der Waals surface area contributed by atoms with Crippen LogP contribution in [0.5, 0.6) is 0 Å². The van der Waals surface area contributed by atoms with Crippen LogP contribution in [-0.2, 0) is 52.7 Å². The van der Waals surface area contributed by atoms with Crippen LogP contribution in [0.4, 0.5) is 0 Å². The molecular formula is C66H120N12O13S. The van der Waals surface area contributed by atoms with Gasteiger partial charge in [-0.25, -0.2) is 0 Å². The molecule has 6 N–H and O–H groups in total. The predicted molar refractivity (Wildman–Crippen MR) is 360 cm³/mol. The first kappa shape index (κ1) is 84.2. The summed E-state index contributed by atoms with van der Waals surface area (Å²) in [6, 6.07) is -13.1.